The van der Waals surface area contributed by atoms with Gasteiger partial charge >= 0.3 is 0 Å². The quantitative estimate of drug-likeness (QED) is 0.818. The molecule has 0 unspecified atom stereocenters. The number of carbonyl (C=O) groups excluding carboxylic acids is 2. The summed E-state index contributed by atoms with van der Waals surface area (Å²) >= 11 is 0. The van der Waals surface area contributed by atoms with Crippen LogP contribution < -0.4 is 0 Å². The molecule has 130 valence electrons. The average molecular weight is 350 g/mol. The molecule has 1 aliphatic carbocycles. The third-order valence-electron chi connectivity index (χ3n) is 4.67. The Labute approximate surface area is 142 Å². The van der Waals surface area contributed by atoms with E-state index in [1.165, 1.54) is 12.1 Å². The summed E-state index contributed by atoms with van der Waals surface area (Å²) < 4.78 is 23.4. The molecule has 1 heterocycles. The molecule has 0 radical (unpaired) electrons. The molecule has 2 aliphatic rings. The third-order valence-corrected chi connectivity index (χ3v) is 5.78. The third kappa shape index (κ3) is 3.45. The lowest BCUT2D eigenvalue weighted by atomic mass is 10.1. The van der Waals surface area contributed by atoms with Crippen LogP contribution in [0, 0.1) is 12.8 Å². The zero-order chi connectivity index (χ0) is 17.5. The van der Waals surface area contributed by atoms with Crippen LogP contribution in [0.15, 0.2) is 23.1 Å². The minimum atomic E-state index is -3.35. The van der Waals surface area contributed by atoms with Crippen molar-refractivity contribution in [3.8, 4) is 0 Å². The summed E-state index contributed by atoms with van der Waals surface area (Å²) in [5.74, 6) is 0.231. The highest BCUT2D eigenvalue weighted by Gasteiger charge is 2.35. The van der Waals surface area contributed by atoms with Crippen molar-refractivity contribution >= 4 is 21.7 Å². The van der Waals surface area contributed by atoms with Crippen LogP contribution in [0.3, 0.4) is 0 Å². The number of carbonyl (C=O) groups is 2. The number of piperazine rings is 1. The lowest BCUT2D eigenvalue weighted by Gasteiger charge is -2.35. The zero-order valence-electron chi connectivity index (χ0n) is 14.0. The smallest absolute Gasteiger partial charge is 0.254 e. The molecule has 0 bridgehead atoms. The fraction of sp³-hybridized carbons (Fsp3) is 0.529. The minimum absolute atomic E-state index is 0.152. The van der Waals surface area contributed by atoms with Crippen molar-refractivity contribution in [2.75, 3.05) is 32.4 Å². The molecule has 24 heavy (non-hydrogen) atoms. The lowest BCUT2D eigenvalue weighted by molar-refractivity contribution is -0.134. The lowest BCUT2D eigenvalue weighted by Crippen LogP contribution is -2.51. The first-order valence-electron chi connectivity index (χ1n) is 8.16. The van der Waals surface area contributed by atoms with Gasteiger partial charge in [0.25, 0.3) is 5.91 Å². The molecule has 1 aromatic carbocycles. The normalized spacial score (nSPS) is 18.6. The van der Waals surface area contributed by atoms with Gasteiger partial charge in [0.05, 0.1) is 4.90 Å². The molecule has 2 amide bonds. The number of rotatable bonds is 3. The summed E-state index contributed by atoms with van der Waals surface area (Å²) in [4.78, 5) is 28.5. The van der Waals surface area contributed by atoms with Crippen LogP contribution in [-0.2, 0) is 14.6 Å². The van der Waals surface area contributed by atoms with Crippen LogP contribution in [0.4, 0.5) is 0 Å². The van der Waals surface area contributed by atoms with E-state index in [2.05, 4.69) is 0 Å². The topological polar surface area (TPSA) is 74.8 Å². The van der Waals surface area contributed by atoms with Crippen LogP contribution in [0.1, 0.15) is 28.8 Å². The molecule has 0 aromatic heterocycles. The number of aryl methyl sites for hydroxylation is 1. The van der Waals surface area contributed by atoms with Gasteiger partial charge in [-0.1, -0.05) is 6.07 Å². The van der Waals surface area contributed by atoms with Crippen molar-refractivity contribution in [3.05, 3.63) is 29.3 Å². The van der Waals surface area contributed by atoms with Crippen molar-refractivity contribution in [1.82, 2.24) is 9.80 Å². The molecule has 3 rings (SSSR count). The van der Waals surface area contributed by atoms with E-state index in [4.69, 9.17) is 0 Å². The highest BCUT2D eigenvalue weighted by molar-refractivity contribution is 7.90. The molecule has 6 nitrogen and oxygen atoms in total. The van der Waals surface area contributed by atoms with Gasteiger partial charge in [0.15, 0.2) is 9.84 Å². The van der Waals surface area contributed by atoms with Crippen molar-refractivity contribution in [1.29, 1.82) is 0 Å². The van der Waals surface area contributed by atoms with E-state index < -0.39 is 9.84 Å². The molecule has 2 fully saturated rings. The fourth-order valence-corrected chi connectivity index (χ4v) is 3.60. The van der Waals surface area contributed by atoms with Crippen LogP contribution in [0.2, 0.25) is 0 Å². The van der Waals surface area contributed by atoms with Gasteiger partial charge in [0.2, 0.25) is 5.91 Å². The second-order valence-electron chi connectivity index (χ2n) is 6.64. The van der Waals surface area contributed by atoms with Crippen molar-refractivity contribution in [3.63, 3.8) is 0 Å². The Morgan fingerprint density at radius 1 is 1.04 bits per heavy atom. The first kappa shape index (κ1) is 17.0. The maximum Gasteiger partial charge on any atom is 0.254 e. The Morgan fingerprint density at radius 3 is 2.17 bits per heavy atom. The molecule has 1 aromatic rings. The summed E-state index contributed by atoms with van der Waals surface area (Å²) in [5.41, 5.74) is 1.17. The van der Waals surface area contributed by atoms with E-state index in [1.54, 1.807) is 17.9 Å². The van der Waals surface area contributed by atoms with Crippen molar-refractivity contribution in [2.45, 2.75) is 24.7 Å². The molecule has 7 heteroatoms. The summed E-state index contributed by atoms with van der Waals surface area (Å²) in [6.07, 6.45) is 3.10. The SMILES string of the molecule is Cc1ccc(S(C)(=O)=O)cc1C(=O)N1CCN(C(=O)C2CC2)CC1. The number of nitrogens with zero attached hydrogens (tertiary/aromatic N) is 2. The summed E-state index contributed by atoms with van der Waals surface area (Å²) in [5, 5.41) is 0. The zero-order valence-corrected chi connectivity index (χ0v) is 14.8. The van der Waals surface area contributed by atoms with E-state index >= 15 is 0 Å². The van der Waals surface area contributed by atoms with Gasteiger partial charge in [0.1, 0.15) is 0 Å². The Hall–Kier alpha value is -1.89. The van der Waals surface area contributed by atoms with Crippen LogP contribution in [0.5, 0.6) is 0 Å². The van der Waals surface area contributed by atoms with Crippen molar-refractivity contribution < 1.29 is 18.0 Å². The predicted octanol–water partition coefficient (Wildman–Crippen LogP) is 1.09. The summed E-state index contributed by atoms with van der Waals surface area (Å²) in [6.45, 7) is 3.86. The molecular formula is C17H22N2O4S. The standard InChI is InChI=1S/C17H22N2O4S/c1-12-3-6-14(24(2,22)23)11-15(12)17(21)19-9-7-18(8-10-19)16(20)13-4-5-13/h3,6,11,13H,4-5,7-10H2,1-2H3. The Kier molecular flexibility index (Phi) is 4.38. The van der Waals surface area contributed by atoms with Gasteiger partial charge in [-0.05, 0) is 37.5 Å². The van der Waals surface area contributed by atoms with Crippen molar-refractivity contribution in [2.24, 2.45) is 5.92 Å². The second kappa shape index (κ2) is 6.20. The number of hydrogen-bond acceptors (Lipinski definition) is 4. The first-order valence-corrected chi connectivity index (χ1v) is 10.1. The predicted molar refractivity (Wildman–Crippen MR) is 89.5 cm³/mol. The highest BCUT2D eigenvalue weighted by atomic mass is 32.2. The second-order valence-corrected chi connectivity index (χ2v) is 8.66. The van der Waals surface area contributed by atoms with Gasteiger partial charge in [-0.15, -0.1) is 0 Å². The number of sulfone groups is 1. The van der Waals surface area contributed by atoms with Crippen LogP contribution in [0.25, 0.3) is 0 Å². The largest absolute Gasteiger partial charge is 0.339 e. The molecule has 1 saturated heterocycles. The molecule has 0 spiro atoms. The van der Waals surface area contributed by atoms with E-state index in [1.807, 2.05) is 4.90 Å². The van der Waals surface area contributed by atoms with Gasteiger partial charge < -0.3 is 9.80 Å². The highest BCUT2D eigenvalue weighted by Crippen LogP contribution is 2.31. The number of amides is 2. The summed E-state index contributed by atoms with van der Waals surface area (Å²) in [6, 6.07) is 4.64. The van der Waals surface area contributed by atoms with E-state index in [9.17, 15) is 18.0 Å². The molecule has 0 atom stereocenters. The van der Waals surface area contributed by atoms with E-state index in [0.29, 0.717) is 31.7 Å². The maximum absolute atomic E-state index is 12.8. The Bertz CT molecular complexity index is 776. The van der Waals surface area contributed by atoms with E-state index in [0.717, 1.165) is 24.7 Å². The minimum Gasteiger partial charge on any atom is -0.339 e. The first-order chi connectivity index (χ1) is 11.3. The summed E-state index contributed by atoms with van der Waals surface area (Å²) in [7, 11) is -3.35. The molecular weight excluding hydrogens is 328 g/mol. The van der Waals surface area contributed by atoms with Crippen LogP contribution >= 0.6 is 0 Å². The molecule has 0 N–H and O–H groups in total. The monoisotopic (exact) mass is 350 g/mol. The molecule has 1 saturated carbocycles. The average Bonchev–Trinajstić information content (AvgIpc) is 3.38. The van der Waals surface area contributed by atoms with Gasteiger partial charge in [-0.25, -0.2) is 8.42 Å². The Morgan fingerprint density at radius 2 is 1.62 bits per heavy atom. The van der Waals surface area contributed by atoms with Gasteiger partial charge in [-0.2, -0.15) is 0 Å². The van der Waals surface area contributed by atoms with Gasteiger partial charge in [0, 0.05) is 43.9 Å². The fourth-order valence-electron chi connectivity index (χ4n) is 2.95. The number of hydrogen-bond donors (Lipinski definition) is 0. The van der Waals surface area contributed by atoms with Crippen LogP contribution in [-0.4, -0.2) is 62.5 Å². The number of benzene rings is 1. The van der Waals surface area contributed by atoms with Gasteiger partial charge in [-0.3, -0.25) is 9.59 Å². The maximum atomic E-state index is 12.8. The molecule has 1 aliphatic heterocycles. The van der Waals surface area contributed by atoms with E-state index in [-0.39, 0.29) is 22.6 Å². The Balaban J connectivity index is 1.72.